The number of hydrogen-bond acceptors (Lipinski definition) is 5. The fourth-order valence-electron chi connectivity index (χ4n) is 4.52. The largest absolute Gasteiger partial charge is 0.487 e. The highest BCUT2D eigenvalue weighted by atomic mass is 16.5. The molecule has 6 nitrogen and oxygen atoms in total. The zero-order valence-corrected chi connectivity index (χ0v) is 16.1. The summed E-state index contributed by atoms with van der Waals surface area (Å²) in [4.78, 5) is 27.4. The van der Waals surface area contributed by atoms with Crippen molar-refractivity contribution in [3.63, 3.8) is 0 Å². The van der Waals surface area contributed by atoms with Gasteiger partial charge in [-0.1, -0.05) is 24.6 Å². The number of morpholine rings is 1. The van der Waals surface area contributed by atoms with Crippen LogP contribution in [-0.4, -0.2) is 61.6 Å². The molecular formula is C21H28N2O4. The predicted molar refractivity (Wildman–Crippen MR) is 101 cm³/mol. The van der Waals surface area contributed by atoms with Crippen molar-refractivity contribution in [2.24, 2.45) is 0 Å². The highest BCUT2D eigenvalue weighted by Crippen LogP contribution is 2.49. The number of rotatable bonds is 4. The molecule has 146 valence electrons. The Bertz CT molecular complexity index is 744. The lowest BCUT2D eigenvalue weighted by molar-refractivity contribution is -0.133. The lowest BCUT2D eigenvalue weighted by Gasteiger charge is -2.39. The van der Waals surface area contributed by atoms with Crippen molar-refractivity contribution in [2.45, 2.75) is 50.7 Å². The molecule has 0 unspecified atom stereocenters. The third-order valence-electron chi connectivity index (χ3n) is 6.25. The first-order valence-corrected chi connectivity index (χ1v) is 9.87. The Morgan fingerprint density at radius 3 is 2.89 bits per heavy atom. The van der Waals surface area contributed by atoms with Crippen LogP contribution in [0.25, 0.3) is 0 Å². The molecule has 0 aromatic heterocycles. The lowest BCUT2D eigenvalue weighted by atomic mass is 9.67. The SMILES string of the molecule is Cc1ccc2c(c1)[C@]1(C)CCC(=O)[C@H](NC(=O)CCN3CCOCC3)[C@@H]1O2. The molecule has 1 amide bonds. The lowest BCUT2D eigenvalue weighted by Crippen LogP contribution is -2.59. The number of ether oxygens (including phenoxy) is 2. The van der Waals surface area contributed by atoms with Crippen LogP contribution in [0.4, 0.5) is 0 Å². The summed E-state index contributed by atoms with van der Waals surface area (Å²) in [5.74, 6) is 0.830. The first-order chi connectivity index (χ1) is 13.0. The second-order valence-corrected chi connectivity index (χ2v) is 8.17. The van der Waals surface area contributed by atoms with E-state index in [1.54, 1.807) is 0 Å². The van der Waals surface area contributed by atoms with E-state index >= 15 is 0 Å². The number of nitrogens with zero attached hydrogens (tertiary/aromatic N) is 1. The molecule has 3 atom stereocenters. The van der Waals surface area contributed by atoms with E-state index in [0.717, 1.165) is 30.8 Å². The molecule has 1 N–H and O–H groups in total. The summed E-state index contributed by atoms with van der Waals surface area (Å²) < 4.78 is 11.5. The van der Waals surface area contributed by atoms with Gasteiger partial charge in [0.15, 0.2) is 5.78 Å². The van der Waals surface area contributed by atoms with Crippen LogP contribution in [0.2, 0.25) is 0 Å². The summed E-state index contributed by atoms with van der Waals surface area (Å²) in [5.41, 5.74) is 2.10. The molecule has 6 heteroatoms. The molecule has 1 saturated heterocycles. The summed E-state index contributed by atoms with van der Waals surface area (Å²) in [7, 11) is 0. The van der Waals surface area contributed by atoms with Gasteiger partial charge in [0, 0.05) is 43.5 Å². The second kappa shape index (κ2) is 7.24. The van der Waals surface area contributed by atoms with Crippen LogP contribution in [0.1, 0.15) is 37.3 Å². The highest BCUT2D eigenvalue weighted by molar-refractivity contribution is 5.91. The molecule has 4 rings (SSSR count). The number of fused-ring (bicyclic) bond motifs is 3. The van der Waals surface area contributed by atoms with Gasteiger partial charge in [-0.15, -0.1) is 0 Å². The van der Waals surface area contributed by atoms with E-state index in [1.165, 1.54) is 5.56 Å². The van der Waals surface area contributed by atoms with E-state index in [1.807, 2.05) is 12.1 Å². The van der Waals surface area contributed by atoms with Gasteiger partial charge in [0.05, 0.1) is 13.2 Å². The number of ketones is 1. The van der Waals surface area contributed by atoms with Gasteiger partial charge in [-0.2, -0.15) is 0 Å². The number of benzene rings is 1. The van der Waals surface area contributed by atoms with Crippen molar-refractivity contribution in [2.75, 3.05) is 32.8 Å². The molecule has 2 aliphatic heterocycles. The summed E-state index contributed by atoms with van der Waals surface area (Å²) in [6.07, 6.45) is 1.28. The standard InChI is InChI=1S/C21H28N2O4/c1-14-3-4-17-15(13-14)21(2)7-5-16(24)19(20(21)27-17)22-18(25)6-8-23-9-11-26-12-10-23/h3-4,13,19-20H,5-12H2,1-2H3,(H,22,25)/t19-,20-,21-/m0/s1. The molecule has 0 spiro atoms. The maximum atomic E-state index is 12.6. The minimum absolute atomic E-state index is 0.0710. The Kier molecular flexibility index (Phi) is 4.95. The first-order valence-electron chi connectivity index (χ1n) is 9.87. The van der Waals surface area contributed by atoms with Gasteiger partial charge < -0.3 is 14.8 Å². The molecule has 0 bridgehead atoms. The van der Waals surface area contributed by atoms with Crippen LogP contribution in [-0.2, 0) is 19.7 Å². The minimum atomic E-state index is -0.575. The number of Topliss-reactive ketones (excluding diaryl/α,β-unsaturated/α-hetero) is 1. The molecule has 1 saturated carbocycles. The van der Waals surface area contributed by atoms with Crippen molar-refractivity contribution in [1.82, 2.24) is 10.2 Å². The Hall–Kier alpha value is -1.92. The van der Waals surface area contributed by atoms with E-state index in [-0.39, 0.29) is 23.2 Å². The van der Waals surface area contributed by atoms with Crippen LogP contribution >= 0.6 is 0 Å². The fourth-order valence-corrected chi connectivity index (χ4v) is 4.52. The van der Waals surface area contributed by atoms with Gasteiger partial charge in [0.2, 0.25) is 5.91 Å². The molecule has 1 aromatic rings. The number of carbonyl (C=O) groups excluding carboxylic acids is 2. The monoisotopic (exact) mass is 372 g/mol. The third kappa shape index (κ3) is 3.48. The van der Waals surface area contributed by atoms with Crippen molar-refractivity contribution >= 4 is 11.7 Å². The summed E-state index contributed by atoms with van der Waals surface area (Å²) >= 11 is 0. The number of nitrogens with one attached hydrogen (secondary N) is 1. The van der Waals surface area contributed by atoms with Gasteiger partial charge in [-0.25, -0.2) is 0 Å². The van der Waals surface area contributed by atoms with Crippen LogP contribution in [0.15, 0.2) is 18.2 Å². The smallest absolute Gasteiger partial charge is 0.221 e. The average molecular weight is 372 g/mol. The number of aryl methyl sites for hydroxylation is 1. The molecule has 2 fully saturated rings. The predicted octanol–water partition coefficient (Wildman–Crippen LogP) is 1.58. The van der Waals surface area contributed by atoms with Crippen LogP contribution in [0.3, 0.4) is 0 Å². The van der Waals surface area contributed by atoms with Gasteiger partial charge in [-0.3, -0.25) is 14.5 Å². The molecular weight excluding hydrogens is 344 g/mol. The molecule has 3 aliphatic rings. The Labute approximate surface area is 160 Å². The maximum absolute atomic E-state index is 12.6. The molecule has 2 heterocycles. The minimum Gasteiger partial charge on any atom is -0.487 e. The molecule has 1 aromatic carbocycles. The Morgan fingerprint density at radius 1 is 1.33 bits per heavy atom. The number of carbonyl (C=O) groups is 2. The van der Waals surface area contributed by atoms with Crippen molar-refractivity contribution < 1.29 is 19.1 Å². The molecule has 27 heavy (non-hydrogen) atoms. The first kappa shape index (κ1) is 18.4. The Balaban J connectivity index is 1.44. The van der Waals surface area contributed by atoms with Gasteiger partial charge in [-0.05, 0) is 19.4 Å². The Morgan fingerprint density at radius 2 is 2.11 bits per heavy atom. The van der Waals surface area contributed by atoms with E-state index in [4.69, 9.17) is 9.47 Å². The maximum Gasteiger partial charge on any atom is 0.221 e. The van der Waals surface area contributed by atoms with Crippen LogP contribution < -0.4 is 10.1 Å². The summed E-state index contributed by atoms with van der Waals surface area (Å²) in [6.45, 7) is 8.06. The van der Waals surface area contributed by atoms with Crippen molar-refractivity contribution in [3.8, 4) is 5.75 Å². The molecule has 1 aliphatic carbocycles. The van der Waals surface area contributed by atoms with E-state index < -0.39 is 6.04 Å². The van der Waals surface area contributed by atoms with E-state index in [0.29, 0.717) is 32.6 Å². The molecule has 0 radical (unpaired) electrons. The zero-order chi connectivity index (χ0) is 19.0. The number of amides is 1. The van der Waals surface area contributed by atoms with Gasteiger partial charge in [0.25, 0.3) is 0 Å². The topological polar surface area (TPSA) is 67.9 Å². The van der Waals surface area contributed by atoms with Gasteiger partial charge in [0.1, 0.15) is 17.9 Å². The quantitative estimate of drug-likeness (QED) is 0.869. The number of hydrogen-bond donors (Lipinski definition) is 1. The summed E-state index contributed by atoms with van der Waals surface area (Å²) in [6, 6.07) is 5.59. The highest BCUT2D eigenvalue weighted by Gasteiger charge is 2.54. The van der Waals surface area contributed by atoms with Crippen LogP contribution in [0.5, 0.6) is 5.75 Å². The van der Waals surface area contributed by atoms with Crippen molar-refractivity contribution in [3.05, 3.63) is 29.3 Å². The van der Waals surface area contributed by atoms with E-state index in [2.05, 4.69) is 30.1 Å². The average Bonchev–Trinajstić information content (AvgIpc) is 2.96. The zero-order valence-electron chi connectivity index (χ0n) is 16.1. The second-order valence-electron chi connectivity index (χ2n) is 8.17. The normalized spacial score (nSPS) is 30.4. The van der Waals surface area contributed by atoms with Gasteiger partial charge >= 0.3 is 0 Å². The van der Waals surface area contributed by atoms with Crippen LogP contribution in [0, 0.1) is 6.92 Å². The summed E-state index contributed by atoms with van der Waals surface area (Å²) in [5, 5.41) is 2.98. The third-order valence-corrected chi connectivity index (χ3v) is 6.25. The fraction of sp³-hybridized carbons (Fsp3) is 0.619. The van der Waals surface area contributed by atoms with Crippen molar-refractivity contribution in [1.29, 1.82) is 0 Å². The van der Waals surface area contributed by atoms with E-state index in [9.17, 15) is 9.59 Å².